The second-order valence-corrected chi connectivity index (χ2v) is 5.52. The van der Waals surface area contributed by atoms with E-state index in [0.717, 1.165) is 19.5 Å². The maximum absolute atomic E-state index is 11.5. The van der Waals surface area contributed by atoms with E-state index >= 15 is 0 Å². The summed E-state index contributed by atoms with van der Waals surface area (Å²) in [4.78, 5) is 24.3. The molecule has 2 amide bonds. The summed E-state index contributed by atoms with van der Waals surface area (Å²) in [6.45, 7) is 7.15. The molecule has 0 saturated carbocycles. The van der Waals surface area contributed by atoms with Gasteiger partial charge in [-0.3, -0.25) is 0 Å². The van der Waals surface area contributed by atoms with E-state index in [1.54, 1.807) is 0 Å². The Morgan fingerprint density at radius 3 is 2.60 bits per heavy atom. The van der Waals surface area contributed by atoms with Gasteiger partial charge in [-0.05, 0) is 32.7 Å². The van der Waals surface area contributed by atoms with Crippen molar-refractivity contribution in [2.24, 2.45) is 5.92 Å². The topological polar surface area (TPSA) is 102 Å². The molecule has 0 aromatic carbocycles. The van der Waals surface area contributed by atoms with E-state index in [4.69, 9.17) is 10.2 Å². The molecule has 116 valence electrons. The van der Waals surface area contributed by atoms with E-state index in [2.05, 4.69) is 29.4 Å². The first-order chi connectivity index (χ1) is 9.40. The number of urea groups is 1. The normalized spacial score (nSPS) is 20.9. The van der Waals surface area contributed by atoms with Gasteiger partial charge in [0, 0.05) is 32.1 Å². The summed E-state index contributed by atoms with van der Waals surface area (Å²) in [5, 5.41) is 22.8. The van der Waals surface area contributed by atoms with E-state index in [1.807, 2.05) is 0 Å². The molecule has 0 aromatic heterocycles. The largest absolute Gasteiger partial charge is 0.479 e. The Morgan fingerprint density at radius 2 is 2.05 bits per heavy atom. The van der Waals surface area contributed by atoms with Crippen LogP contribution in [0.15, 0.2) is 0 Å². The van der Waals surface area contributed by atoms with Crippen LogP contribution in [-0.4, -0.2) is 65.4 Å². The molecule has 1 fully saturated rings. The van der Waals surface area contributed by atoms with Crippen molar-refractivity contribution in [2.45, 2.75) is 38.8 Å². The first-order valence-corrected chi connectivity index (χ1v) is 7.06. The van der Waals surface area contributed by atoms with E-state index in [1.165, 1.54) is 0 Å². The maximum atomic E-state index is 11.5. The lowest BCUT2D eigenvalue weighted by atomic mass is 10.1. The molecule has 2 atom stereocenters. The molecule has 0 radical (unpaired) electrons. The van der Waals surface area contributed by atoms with Gasteiger partial charge in [-0.1, -0.05) is 0 Å². The molecule has 7 nitrogen and oxygen atoms in total. The number of likely N-dealkylation sites (tertiary alicyclic amines) is 1. The summed E-state index contributed by atoms with van der Waals surface area (Å²) in [5.41, 5.74) is 0. The van der Waals surface area contributed by atoms with Crippen LogP contribution in [0, 0.1) is 5.92 Å². The van der Waals surface area contributed by atoms with Gasteiger partial charge in [0.05, 0.1) is 0 Å². The van der Waals surface area contributed by atoms with Crippen LogP contribution in [0.25, 0.3) is 0 Å². The number of aliphatic hydroxyl groups is 1. The first kappa shape index (κ1) is 16.7. The Balaban J connectivity index is 2.10. The summed E-state index contributed by atoms with van der Waals surface area (Å²) in [6.07, 6.45) is -0.339. The number of hydrogen-bond donors (Lipinski definition) is 4. The number of nitrogens with one attached hydrogen (secondary N) is 2. The highest BCUT2D eigenvalue weighted by molar-refractivity contribution is 5.74. The van der Waals surface area contributed by atoms with Crippen LogP contribution in [-0.2, 0) is 4.79 Å². The third-order valence-electron chi connectivity index (χ3n) is 3.59. The molecule has 0 spiro atoms. The number of carbonyl (C=O) groups excluding carboxylic acids is 1. The molecule has 4 N–H and O–H groups in total. The highest BCUT2D eigenvalue weighted by Gasteiger charge is 2.24. The molecule has 0 bridgehead atoms. The van der Waals surface area contributed by atoms with E-state index in [9.17, 15) is 9.59 Å². The number of carbonyl (C=O) groups is 2. The number of hydrogen-bond acceptors (Lipinski definition) is 4. The lowest BCUT2D eigenvalue weighted by Crippen LogP contribution is -2.40. The van der Waals surface area contributed by atoms with Crippen molar-refractivity contribution in [3.63, 3.8) is 0 Å². The zero-order chi connectivity index (χ0) is 15.1. The third kappa shape index (κ3) is 5.75. The van der Waals surface area contributed by atoms with Crippen LogP contribution in [0.3, 0.4) is 0 Å². The van der Waals surface area contributed by atoms with Gasteiger partial charge in [0.25, 0.3) is 0 Å². The lowest BCUT2D eigenvalue weighted by molar-refractivity contribution is -0.146. The molecule has 1 unspecified atom stereocenters. The standard InChI is InChI=1S/C13H25N3O4/c1-9(2)16-6-4-10(8-16)7-15-13(20)14-5-3-11(17)12(18)19/h9-11,17H,3-8H2,1-2H3,(H,18,19)(H2,14,15,20)/t10?,11-/m0/s1. The van der Waals surface area contributed by atoms with Gasteiger partial charge >= 0.3 is 12.0 Å². The fourth-order valence-corrected chi connectivity index (χ4v) is 2.24. The number of carboxylic acid groups (broad SMARTS) is 1. The minimum absolute atomic E-state index is 0.00725. The van der Waals surface area contributed by atoms with Crippen LogP contribution in [0.1, 0.15) is 26.7 Å². The number of aliphatic carboxylic acids is 1. The van der Waals surface area contributed by atoms with Crippen molar-refractivity contribution < 1.29 is 19.8 Å². The van der Waals surface area contributed by atoms with Gasteiger partial charge in [-0.25, -0.2) is 9.59 Å². The fourth-order valence-electron chi connectivity index (χ4n) is 2.24. The predicted octanol–water partition coefficient (Wildman–Crippen LogP) is -0.148. The second-order valence-electron chi connectivity index (χ2n) is 5.52. The quantitative estimate of drug-likeness (QED) is 0.522. The number of nitrogens with zero attached hydrogens (tertiary/aromatic N) is 1. The smallest absolute Gasteiger partial charge is 0.332 e. The van der Waals surface area contributed by atoms with Crippen molar-refractivity contribution in [1.29, 1.82) is 0 Å². The molecule has 1 aliphatic heterocycles. The summed E-state index contributed by atoms with van der Waals surface area (Å²) in [6, 6.07) is 0.219. The van der Waals surface area contributed by atoms with Crippen LogP contribution in [0.5, 0.6) is 0 Å². The molecular formula is C13H25N3O4. The molecule has 1 heterocycles. The average Bonchev–Trinajstić information content (AvgIpc) is 2.85. The lowest BCUT2D eigenvalue weighted by Gasteiger charge is -2.20. The molecule has 1 rings (SSSR count). The van der Waals surface area contributed by atoms with Crippen LogP contribution >= 0.6 is 0 Å². The SMILES string of the molecule is CC(C)N1CCC(CNC(=O)NCC[C@H](O)C(=O)O)C1. The summed E-state index contributed by atoms with van der Waals surface area (Å²) < 4.78 is 0. The fraction of sp³-hybridized carbons (Fsp3) is 0.846. The Bertz CT molecular complexity index is 336. The second kappa shape index (κ2) is 8.06. The highest BCUT2D eigenvalue weighted by atomic mass is 16.4. The molecular weight excluding hydrogens is 262 g/mol. The average molecular weight is 287 g/mol. The van der Waals surface area contributed by atoms with Crippen LogP contribution in [0.2, 0.25) is 0 Å². The Hall–Kier alpha value is -1.34. The monoisotopic (exact) mass is 287 g/mol. The van der Waals surface area contributed by atoms with Gasteiger partial charge < -0.3 is 25.7 Å². The maximum Gasteiger partial charge on any atom is 0.332 e. The molecule has 1 saturated heterocycles. The number of rotatable bonds is 7. The van der Waals surface area contributed by atoms with E-state index in [-0.39, 0.29) is 19.0 Å². The van der Waals surface area contributed by atoms with E-state index < -0.39 is 12.1 Å². The summed E-state index contributed by atoms with van der Waals surface area (Å²) >= 11 is 0. The highest BCUT2D eigenvalue weighted by Crippen LogP contribution is 2.17. The zero-order valence-electron chi connectivity index (χ0n) is 12.1. The van der Waals surface area contributed by atoms with Crippen LogP contribution in [0.4, 0.5) is 4.79 Å². The minimum Gasteiger partial charge on any atom is -0.479 e. The van der Waals surface area contributed by atoms with Gasteiger partial charge in [0.1, 0.15) is 0 Å². The van der Waals surface area contributed by atoms with Crippen molar-refractivity contribution in [3.8, 4) is 0 Å². The Morgan fingerprint density at radius 1 is 1.35 bits per heavy atom. The molecule has 20 heavy (non-hydrogen) atoms. The summed E-state index contributed by atoms with van der Waals surface area (Å²) in [5.74, 6) is -0.806. The number of carboxylic acids is 1. The Kier molecular flexibility index (Phi) is 6.74. The van der Waals surface area contributed by atoms with Gasteiger partial charge in [-0.2, -0.15) is 0 Å². The molecule has 0 aliphatic carbocycles. The van der Waals surface area contributed by atoms with Gasteiger partial charge in [-0.15, -0.1) is 0 Å². The minimum atomic E-state index is -1.43. The first-order valence-electron chi connectivity index (χ1n) is 7.06. The van der Waals surface area contributed by atoms with Crippen LogP contribution < -0.4 is 10.6 Å². The Labute approximate surface area is 119 Å². The predicted molar refractivity (Wildman–Crippen MR) is 74.5 cm³/mol. The summed E-state index contributed by atoms with van der Waals surface area (Å²) in [7, 11) is 0. The van der Waals surface area contributed by atoms with Crippen molar-refractivity contribution >= 4 is 12.0 Å². The molecule has 7 heteroatoms. The number of aliphatic hydroxyl groups excluding tert-OH is 1. The molecule has 0 aromatic rings. The van der Waals surface area contributed by atoms with Crippen molar-refractivity contribution in [3.05, 3.63) is 0 Å². The zero-order valence-corrected chi connectivity index (χ0v) is 12.1. The van der Waals surface area contributed by atoms with E-state index in [0.29, 0.717) is 18.5 Å². The third-order valence-corrected chi connectivity index (χ3v) is 3.59. The number of amides is 2. The van der Waals surface area contributed by atoms with Gasteiger partial charge in [0.15, 0.2) is 6.10 Å². The van der Waals surface area contributed by atoms with Gasteiger partial charge in [0.2, 0.25) is 0 Å². The molecule has 1 aliphatic rings. The van der Waals surface area contributed by atoms with Crippen molar-refractivity contribution in [2.75, 3.05) is 26.2 Å². The van der Waals surface area contributed by atoms with Crippen molar-refractivity contribution in [1.82, 2.24) is 15.5 Å².